The Balaban J connectivity index is 2.12. The molecule has 0 saturated carbocycles. The van der Waals surface area contributed by atoms with Crippen molar-refractivity contribution in [1.29, 1.82) is 0 Å². The van der Waals surface area contributed by atoms with Crippen LogP contribution in [0.25, 0.3) is 0 Å². The van der Waals surface area contributed by atoms with E-state index in [-0.39, 0.29) is 19.8 Å². The van der Waals surface area contributed by atoms with Gasteiger partial charge in [-0.2, -0.15) is 0 Å². The summed E-state index contributed by atoms with van der Waals surface area (Å²) in [5.41, 5.74) is -0.363. The maximum Gasteiger partial charge on any atom is 0.475 e. The van der Waals surface area contributed by atoms with Gasteiger partial charge in [0.15, 0.2) is 0 Å². The van der Waals surface area contributed by atoms with Gasteiger partial charge in [-0.1, -0.05) is 67.6 Å². The minimum Gasteiger partial charge on any atom is -0.444 e. The number of nitrogens with one attached hydrogen (secondary N) is 1. The molecule has 0 spiro atoms. The molecule has 1 amide bonds. The Labute approximate surface area is 195 Å². The third kappa shape index (κ3) is 9.66. The van der Waals surface area contributed by atoms with Crippen LogP contribution >= 0.6 is 7.82 Å². The van der Waals surface area contributed by atoms with Crippen molar-refractivity contribution >= 4 is 13.9 Å². The van der Waals surface area contributed by atoms with Crippen LogP contribution in [0.1, 0.15) is 45.2 Å². The quantitative estimate of drug-likeness (QED) is 0.403. The summed E-state index contributed by atoms with van der Waals surface area (Å²) in [6.07, 6.45) is -0.424. The van der Waals surface area contributed by atoms with Crippen molar-refractivity contribution < 1.29 is 32.8 Å². The number of phosphoric acid groups is 1. The highest BCUT2D eigenvalue weighted by Crippen LogP contribution is 2.51. The molecule has 0 aliphatic rings. The standard InChI is InChI=1S/C24H34NO7P/c1-5-24(18-26,25-22(27)32-23(2,3)4)19-31-33(28,29-16-20-12-8-6-9-13-20)30-17-21-14-10-7-11-15-21/h6-15,26H,5,16-19H2,1-4H3,(H,25,27)/t24-/m0/s1. The minimum absolute atomic E-state index is 0.00461. The number of alkyl carbamates (subject to hydrolysis) is 1. The lowest BCUT2D eigenvalue weighted by molar-refractivity contribution is 0.0219. The molecule has 1 atom stereocenters. The second kappa shape index (κ2) is 12.3. The van der Waals surface area contributed by atoms with Crippen molar-refractivity contribution in [3.05, 3.63) is 71.8 Å². The van der Waals surface area contributed by atoms with Gasteiger partial charge in [0, 0.05) is 0 Å². The molecule has 0 aliphatic heterocycles. The first-order valence-corrected chi connectivity index (χ1v) is 12.3. The van der Waals surface area contributed by atoms with Gasteiger partial charge in [-0.05, 0) is 38.3 Å². The molecule has 0 unspecified atom stereocenters. The SMILES string of the molecule is CC[C@](CO)(COP(=O)(OCc1ccccc1)OCc1ccccc1)NC(=O)OC(C)(C)C. The van der Waals surface area contributed by atoms with Crippen molar-refractivity contribution in [3.63, 3.8) is 0 Å². The first kappa shape index (κ1) is 27.0. The number of hydrogen-bond donors (Lipinski definition) is 2. The molecule has 182 valence electrons. The van der Waals surface area contributed by atoms with Crippen molar-refractivity contribution in [2.75, 3.05) is 13.2 Å². The molecule has 2 rings (SSSR count). The molecule has 0 aliphatic carbocycles. The minimum atomic E-state index is -4.06. The van der Waals surface area contributed by atoms with E-state index in [9.17, 15) is 14.5 Å². The summed E-state index contributed by atoms with van der Waals surface area (Å²) in [5.74, 6) is 0. The maximum atomic E-state index is 13.5. The van der Waals surface area contributed by atoms with Gasteiger partial charge in [-0.3, -0.25) is 13.6 Å². The normalized spacial score (nSPS) is 13.8. The van der Waals surface area contributed by atoms with Crippen LogP contribution in [-0.4, -0.2) is 35.6 Å². The molecule has 0 bridgehead atoms. The number of rotatable bonds is 12. The van der Waals surface area contributed by atoms with Crippen LogP contribution in [0.4, 0.5) is 4.79 Å². The Hall–Kier alpha value is -2.22. The van der Waals surface area contributed by atoms with Gasteiger partial charge < -0.3 is 15.2 Å². The van der Waals surface area contributed by atoms with Crippen LogP contribution in [0, 0.1) is 0 Å². The molecule has 0 heterocycles. The number of amides is 1. The lowest BCUT2D eigenvalue weighted by atomic mass is 9.99. The topological polar surface area (TPSA) is 103 Å². The van der Waals surface area contributed by atoms with Crippen molar-refractivity contribution in [2.24, 2.45) is 0 Å². The van der Waals surface area contributed by atoms with Gasteiger partial charge in [0.1, 0.15) is 5.60 Å². The molecular formula is C24H34NO7P. The predicted octanol–water partition coefficient (Wildman–Crippen LogP) is 5.21. The van der Waals surface area contributed by atoms with Crippen molar-refractivity contribution in [1.82, 2.24) is 5.32 Å². The molecule has 2 N–H and O–H groups in total. The second-order valence-corrected chi connectivity index (χ2v) is 10.3. The number of phosphoric ester groups is 1. The van der Waals surface area contributed by atoms with E-state index in [1.165, 1.54) is 0 Å². The fourth-order valence-electron chi connectivity index (χ4n) is 2.71. The highest BCUT2D eigenvalue weighted by Gasteiger charge is 2.37. The smallest absolute Gasteiger partial charge is 0.444 e. The second-order valence-electron chi connectivity index (χ2n) is 8.66. The van der Waals surface area contributed by atoms with E-state index in [4.69, 9.17) is 18.3 Å². The number of aliphatic hydroxyl groups is 1. The molecule has 9 heteroatoms. The van der Waals surface area contributed by atoms with Gasteiger partial charge >= 0.3 is 13.9 Å². The molecule has 0 radical (unpaired) electrons. The number of ether oxygens (including phenoxy) is 1. The number of hydrogen-bond acceptors (Lipinski definition) is 7. The van der Waals surface area contributed by atoms with Crippen LogP contribution in [-0.2, 0) is 36.1 Å². The number of aliphatic hydroxyl groups excluding tert-OH is 1. The fourth-order valence-corrected chi connectivity index (χ4v) is 3.96. The molecule has 33 heavy (non-hydrogen) atoms. The number of carbonyl (C=O) groups excluding carboxylic acids is 1. The molecular weight excluding hydrogens is 445 g/mol. The van der Waals surface area contributed by atoms with Gasteiger partial charge in [0.2, 0.25) is 0 Å². The number of benzene rings is 2. The van der Waals surface area contributed by atoms with Crippen LogP contribution in [0.3, 0.4) is 0 Å². The zero-order chi connectivity index (χ0) is 24.4. The highest BCUT2D eigenvalue weighted by atomic mass is 31.2. The Kier molecular flexibility index (Phi) is 10.1. The third-order valence-corrected chi connectivity index (χ3v) is 6.04. The first-order valence-electron chi connectivity index (χ1n) is 10.8. The highest BCUT2D eigenvalue weighted by molar-refractivity contribution is 7.48. The number of carbonyl (C=O) groups is 1. The van der Waals surface area contributed by atoms with E-state index in [0.29, 0.717) is 6.42 Å². The molecule has 0 fully saturated rings. The average molecular weight is 480 g/mol. The zero-order valence-electron chi connectivity index (χ0n) is 19.7. The average Bonchev–Trinajstić information content (AvgIpc) is 2.79. The summed E-state index contributed by atoms with van der Waals surface area (Å²) < 4.78 is 35.6. The van der Waals surface area contributed by atoms with Gasteiger partial charge in [-0.25, -0.2) is 9.36 Å². The van der Waals surface area contributed by atoms with Crippen LogP contribution in [0.15, 0.2) is 60.7 Å². The van der Waals surface area contributed by atoms with E-state index in [2.05, 4.69) is 5.32 Å². The monoisotopic (exact) mass is 479 g/mol. The largest absolute Gasteiger partial charge is 0.475 e. The summed E-state index contributed by atoms with van der Waals surface area (Å²) >= 11 is 0. The van der Waals surface area contributed by atoms with E-state index in [1.807, 2.05) is 60.7 Å². The molecule has 2 aromatic rings. The molecule has 0 saturated heterocycles. The van der Waals surface area contributed by atoms with Crippen LogP contribution < -0.4 is 5.32 Å². The van der Waals surface area contributed by atoms with Crippen molar-refractivity contribution in [2.45, 2.75) is 58.5 Å². The summed E-state index contributed by atoms with van der Waals surface area (Å²) in [6.45, 7) is 6.21. The maximum absolute atomic E-state index is 13.5. The van der Waals surface area contributed by atoms with E-state index >= 15 is 0 Å². The first-order chi connectivity index (χ1) is 15.6. The third-order valence-electron chi connectivity index (χ3n) is 4.71. The molecule has 2 aromatic carbocycles. The fraction of sp³-hybridized carbons (Fsp3) is 0.458. The molecule has 8 nitrogen and oxygen atoms in total. The molecule has 0 aromatic heterocycles. The Morgan fingerprint density at radius 1 is 0.909 bits per heavy atom. The van der Waals surface area contributed by atoms with Crippen LogP contribution in [0.2, 0.25) is 0 Å². The Morgan fingerprint density at radius 3 is 1.79 bits per heavy atom. The van der Waals surface area contributed by atoms with E-state index in [0.717, 1.165) is 11.1 Å². The summed E-state index contributed by atoms with van der Waals surface area (Å²) in [6, 6.07) is 18.4. The van der Waals surface area contributed by atoms with E-state index < -0.39 is 31.7 Å². The van der Waals surface area contributed by atoms with Gasteiger partial charge in [0.25, 0.3) is 0 Å². The van der Waals surface area contributed by atoms with Crippen molar-refractivity contribution in [3.8, 4) is 0 Å². The zero-order valence-corrected chi connectivity index (χ0v) is 20.5. The Bertz CT molecular complexity index is 849. The van der Waals surface area contributed by atoms with E-state index in [1.54, 1.807) is 27.7 Å². The lowest BCUT2D eigenvalue weighted by Crippen LogP contribution is -2.55. The van der Waals surface area contributed by atoms with Gasteiger partial charge in [-0.15, -0.1) is 0 Å². The lowest BCUT2D eigenvalue weighted by Gasteiger charge is -2.33. The summed E-state index contributed by atoms with van der Waals surface area (Å²) in [4.78, 5) is 12.3. The van der Waals surface area contributed by atoms with Gasteiger partial charge in [0.05, 0.1) is 32.0 Å². The predicted molar refractivity (Wildman–Crippen MR) is 125 cm³/mol. The Morgan fingerprint density at radius 2 is 1.39 bits per heavy atom. The summed E-state index contributed by atoms with van der Waals surface area (Å²) in [5, 5.41) is 12.7. The van der Waals surface area contributed by atoms with Crippen LogP contribution in [0.5, 0.6) is 0 Å². The summed E-state index contributed by atoms with van der Waals surface area (Å²) in [7, 11) is -4.06.